The number of anilines is 2. The van der Waals surface area contributed by atoms with Crippen molar-refractivity contribution < 1.29 is 19.1 Å². The van der Waals surface area contributed by atoms with Crippen LogP contribution >= 0.6 is 11.6 Å². The smallest absolute Gasteiger partial charge is 0.278 e. The van der Waals surface area contributed by atoms with Crippen molar-refractivity contribution in [3.8, 4) is 0 Å². The summed E-state index contributed by atoms with van der Waals surface area (Å²) < 4.78 is 11.3. The van der Waals surface area contributed by atoms with Crippen LogP contribution in [0.1, 0.15) is 43.1 Å². The molecule has 0 saturated heterocycles. The lowest BCUT2D eigenvalue weighted by Crippen LogP contribution is -2.28. The van der Waals surface area contributed by atoms with Gasteiger partial charge in [-0.25, -0.2) is 9.97 Å². The second kappa shape index (κ2) is 8.48. The monoisotopic (exact) mass is 416 g/mol. The van der Waals surface area contributed by atoms with Crippen molar-refractivity contribution in [1.29, 1.82) is 0 Å². The number of aromatic nitrogens is 2. The first-order valence-corrected chi connectivity index (χ1v) is 9.47. The maximum atomic E-state index is 12.8. The molecule has 9 heteroatoms. The van der Waals surface area contributed by atoms with Crippen molar-refractivity contribution in [3.63, 3.8) is 0 Å². The van der Waals surface area contributed by atoms with Gasteiger partial charge in [0, 0.05) is 24.1 Å². The van der Waals surface area contributed by atoms with Gasteiger partial charge in [-0.1, -0.05) is 32.4 Å². The molecule has 0 fully saturated rings. The topological polar surface area (TPSA) is 102 Å². The molecular formula is C20H21ClN4O4. The quantitative estimate of drug-likeness (QED) is 0.688. The van der Waals surface area contributed by atoms with Crippen LogP contribution in [0.3, 0.4) is 0 Å². The Morgan fingerprint density at radius 2 is 1.90 bits per heavy atom. The predicted octanol–water partition coefficient (Wildman–Crippen LogP) is 4.06. The molecule has 0 spiro atoms. The van der Waals surface area contributed by atoms with Gasteiger partial charge in [-0.15, -0.1) is 0 Å². The molecule has 0 saturated carbocycles. The number of pyridine rings is 2. The fraction of sp³-hybridized carbons (Fsp3) is 0.300. The van der Waals surface area contributed by atoms with E-state index in [0.717, 1.165) is 0 Å². The number of rotatable bonds is 6. The zero-order chi connectivity index (χ0) is 21.0. The third kappa shape index (κ3) is 4.48. The third-order valence-electron chi connectivity index (χ3n) is 4.36. The van der Waals surface area contributed by atoms with Gasteiger partial charge in [-0.2, -0.15) is 0 Å². The molecule has 1 aliphatic rings. The van der Waals surface area contributed by atoms with E-state index in [0.29, 0.717) is 29.1 Å². The number of hydrogen-bond acceptors (Lipinski definition) is 6. The van der Waals surface area contributed by atoms with Crippen molar-refractivity contribution in [2.45, 2.75) is 33.0 Å². The lowest BCUT2D eigenvalue weighted by Gasteiger charge is -2.28. The first kappa shape index (κ1) is 20.6. The van der Waals surface area contributed by atoms with Crippen LogP contribution in [0.5, 0.6) is 0 Å². The summed E-state index contributed by atoms with van der Waals surface area (Å²) in [6, 6.07) is 4.63. The van der Waals surface area contributed by atoms with Crippen LogP contribution in [0.25, 0.3) is 0 Å². The molecule has 0 atom stereocenters. The van der Waals surface area contributed by atoms with E-state index in [1.807, 2.05) is 6.92 Å². The molecular weight excluding hydrogens is 396 g/mol. The van der Waals surface area contributed by atoms with Crippen molar-refractivity contribution in [3.05, 3.63) is 59.4 Å². The number of hydrogen-bond donors (Lipinski definition) is 2. The van der Waals surface area contributed by atoms with Gasteiger partial charge in [-0.3, -0.25) is 9.59 Å². The number of halogens is 1. The van der Waals surface area contributed by atoms with Gasteiger partial charge in [0.2, 0.25) is 5.91 Å². The Kier molecular flexibility index (Phi) is 6.03. The highest BCUT2D eigenvalue weighted by Crippen LogP contribution is 2.40. The van der Waals surface area contributed by atoms with E-state index < -0.39 is 11.7 Å². The molecule has 8 nitrogen and oxygen atoms in total. The van der Waals surface area contributed by atoms with Gasteiger partial charge in [0.05, 0.1) is 17.4 Å². The van der Waals surface area contributed by atoms with E-state index >= 15 is 0 Å². The molecule has 2 aromatic heterocycles. The van der Waals surface area contributed by atoms with Crippen LogP contribution in [0.2, 0.25) is 5.15 Å². The lowest BCUT2D eigenvalue weighted by atomic mass is 10.0. The van der Waals surface area contributed by atoms with Crippen LogP contribution < -0.4 is 10.6 Å². The van der Waals surface area contributed by atoms with Gasteiger partial charge in [0.25, 0.3) is 11.7 Å². The highest BCUT2D eigenvalue weighted by molar-refractivity contribution is 6.29. The molecule has 3 rings (SSSR count). The van der Waals surface area contributed by atoms with Crippen LogP contribution in [0.15, 0.2) is 43.1 Å². The van der Waals surface area contributed by atoms with Gasteiger partial charge in [0.1, 0.15) is 23.5 Å². The van der Waals surface area contributed by atoms with E-state index in [4.69, 9.17) is 21.1 Å². The Labute approximate surface area is 173 Å². The molecule has 0 radical (unpaired) electrons. The molecule has 0 bridgehead atoms. The summed E-state index contributed by atoms with van der Waals surface area (Å²) in [6.07, 6.45) is 6.25. The van der Waals surface area contributed by atoms with E-state index in [1.165, 1.54) is 31.0 Å². The average molecular weight is 417 g/mol. The van der Waals surface area contributed by atoms with Crippen LogP contribution in [-0.4, -0.2) is 21.8 Å². The van der Waals surface area contributed by atoms with Gasteiger partial charge < -0.3 is 20.1 Å². The molecule has 0 unspecified atom stereocenters. The number of amides is 2. The largest absolute Gasteiger partial charge is 0.453 e. The SMILES string of the molecule is CCC1(c2cc(Cl)ncc2NC(=O)c2ccnc(NC(=O)C(C)C)c2)OC=CO1. The summed E-state index contributed by atoms with van der Waals surface area (Å²) in [4.78, 5) is 32.8. The standard InChI is InChI=1S/C20H21ClN4O4/c1-4-20(28-7-8-29-20)14-10-16(21)23-11-15(14)24-19(27)13-5-6-22-17(9-13)25-18(26)12(2)3/h5-12H,4H2,1-3H3,(H,24,27)(H,22,25,26). The molecule has 1 aliphatic heterocycles. The summed E-state index contributed by atoms with van der Waals surface area (Å²) in [5.74, 6) is -1.60. The summed E-state index contributed by atoms with van der Waals surface area (Å²) in [5.41, 5.74) is 1.26. The predicted molar refractivity (Wildman–Crippen MR) is 108 cm³/mol. The molecule has 0 aliphatic carbocycles. The number of carbonyl (C=O) groups excluding carboxylic acids is 2. The van der Waals surface area contributed by atoms with Crippen LogP contribution in [0, 0.1) is 5.92 Å². The fourth-order valence-corrected chi connectivity index (χ4v) is 2.89. The highest BCUT2D eigenvalue weighted by atomic mass is 35.5. The molecule has 0 aromatic carbocycles. The number of nitrogens with zero attached hydrogens (tertiary/aromatic N) is 2. The third-order valence-corrected chi connectivity index (χ3v) is 4.57. The molecule has 2 aromatic rings. The van der Waals surface area contributed by atoms with Crippen molar-refractivity contribution in [2.75, 3.05) is 10.6 Å². The summed E-state index contributed by atoms with van der Waals surface area (Å²) >= 11 is 6.06. The van der Waals surface area contributed by atoms with E-state index in [1.54, 1.807) is 26.0 Å². The van der Waals surface area contributed by atoms with Gasteiger partial charge in [-0.05, 0) is 18.2 Å². The maximum absolute atomic E-state index is 12.8. The Hall–Kier alpha value is -3.13. The molecule has 3 heterocycles. The molecule has 2 amide bonds. The van der Waals surface area contributed by atoms with E-state index in [2.05, 4.69) is 20.6 Å². The summed E-state index contributed by atoms with van der Waals surface area (Å²) in [7, 11) is 0. The van der Waals surface area contributed by atoms with Crippen molar-refractivity contribution >= 4 is 34.9 Å². The first-order chi connectivity index (χ1) is 13.8. The zero-order valence-corrected chi connectivity index (χ0v) is 17.0. The van der Waals surface area contributed by atoms with Gasteiger partial charge >= 0.3 is 0 Å². The zero-order valence-electron chi connectivity index (χ0n) is 16.2. The highest BCUT2D eigenvalue weighted by Gasteiger charge is 2.39. The normalized spacial score (nSPS) is 14.2. The molecule has 2 N–H and O–H groups in total. The number of nitrogens with one attached hydrogen (secondary N) is 2. The molecule has 29 heavy (non-hydrogen) atoms. The van der Waals surface area contributed by atoms with E-state index in [9.17, 15) is 9.59 Å². The number of carbonyl (C=O) groups is 2. The van der Waals surface area contributed by atoms with Crippen molar-refractivity contribution in [2.24, 2.45) is 5.92 Å². The summed E-state index contributed by atoms with van der Waals surface area (Å²) in [5, 5.41) is 5.72. The Morgan fingerprint density at radius 1 is 1.17 bits per heavy atom. The minimum atomic E-state index is -1.09. The van der Waals surface area contributed by atoms with Gasteiger partial charge in [0.15, 0.2) is 0 Å². The Morgan fingerprint density at radius 3 is 2.55 bits per heavy atom. The lowest BCUT2D eigenvalue weighted by molar-refractivity contribution is -0.151. The van der Waals surface area contributed by atoms with Crippen LogP contribution in [0.4, 0.5) is 11.5 Å². The van der Waals surface area contributed by atoms with Crippen LogP contribution in [-0.2, 0) is 20.1 Å². The Balaban J connectivity index is 1.86. The minimum Gasteiger partial charge on any atom is -0.453 e. The summed E-state index contributed by atoms with van der Waals surface area (Å²) in [6.45, 7) is 5.43. The Bertz CT molecular complexity index is 953. The average Bonchev–Trinajstić information content (AvgIpc) is 3.19. The second-order valence-electron chi connectivity index (χ2n) is 6.69. The first-order valence-electron chi connectivity index (χ1n) is 9.09. The second-order valence-corrected chi connectivity index (χ2v) is 7.08. The van der Waals surface area contributed by atoms with E-state index in [-0.39, 0.29) is 17.0 Å². The minimum absolute atomic E-state index is 0.188. The maximum Gasteiger partial charge on any atom is 0.278 e. The molecule has 152 valence electrons. The number of ether oxygens (including phenoxy) is 2. The fourth-order valence-electron chi connectivity index (χ4n) is 2.74. The van der Waals surface area contributed by atoms with Crippen molar-refractivity contribution in [1.82, 2.24) is 9.97 Å².